The number of rotatable bonds is 7. The van der Waals surface area contributed by atoms with Gasteiger partial charge in [0.2, 0.25) is 15.9 Å². The van der Waals surface area contributed by atoms with Crippen LogP contribution in [0.25, 0.3) is 0 Å². The van der Waals surface area contributed by atoms with Gasteiger partial charge in [0, 0.05) is 11.0 Å². The van der Waals surface area contributed by atoms with Crippen molar-refractivity contribution in [2.75, 3.05) is 13.7 Å². The van der Waals surface area contributed by atoms with E-state index in [9.17, 15) is 13.2 Å². The molecule has 1 aromatic carbocycles. The van der Waals surface area contributed by atoms with Crippen molar-refractivity contribution in [2.24, 2.45) is 0 Å². The first kappa shape index (κ1) is 17.9. The van der Waals surface area contributed by atoms with E-state index in [1.165, 1.54) is 20.1 Å². The van der Waals surface area contributed by atoms with Crippen LogP contribution in [-0.2, 0) is 14.8 Å². The summed E-state index contributed by atoms with van der Waals surface area (Å²) in [4.78, 5) is 11.7. The van der Waals surface area contributed by atoms with Gasteiger partial charge >= 0.3 is 0 Å². The molecule has 0 saturated heterocycles. The van der Waals surface area contributed by atoms with Crippen LogP contribution in [0.5, 0.6) is 5.75 Å². The van der Waals surface area contributed by atoms with Crippen LogP contribution in [0.4, 0.5) is 0 Å². The van der Waals surface area contributed by atoms with Gasteiger partial charge in [-0.05, 0) is 31.5 Å². The molecule has 0 spiro atoms. The van der Waals surface area contributed by atoms with Gasteiger partial charge in [0.05, 0.1) is 13.2 Å². The first-order chi connectivity index (χ1) is 9.81. The third-order valence-corrected chi connectivity index (χ3v) is 4.74. The van der Waals surface area contributed by atoms with Gasteiger partial charge in [-0.2, -0.15) is 4.72 Å². The van der Waals surface area contributed by atoms with E-state index >= 15 is 0 Å². The summed E-state index contributed by atoms with van der Waals surface area (Å²) in [6, 6.07) is 3.78. The van der Waals surface area contributed by atoms with Gasteiger partial charge < -0.3 is 10.1 Å². The van der Waals surface area contributed by atoms with Crippen molar-refractivity contribution < 1.29 is 17.9 Å². The second-order valence-electron chi connectivity index (χ2n) is 4.43. The number of benzene rings is 1. The molecule has 1 amide bonds. The molecule has 8 heteroatoms. The third kappa shape index (κ3) is 4.98. The van der Waals surface area contributed by atoms with Crippen molar-refractivity contribution in [3.63, 3.8) is 0 Å². The number of sulfonamides is 1. The lowest BCUT2D eigenvalue weighted by Crippen LogP contribution is -2.44. The molecule has 0 aromatic heterocycles. The number of hydrogen-bond acceptors (Lipinski definition) is 4. The summed E-state index contributed by atoms with van der Waals surface area (Å²) in [6.45, 7) is 3.92. The lowest BCUT2D eigenvalue weighted by molar-refractivity contribution is -0.122. The zero-order chi connectivity index (χ0) is 16.0. The average Bonchev–Trinajstić information content (AvgIpc) is 2.44. The molecule has 1 rings (SSSR count). The number of carbonyl (C=O) groups is 1. The summed E-state index contributed by atoms with van der Waals surface area (Å²) in [7, 11) is -2.47. The fourth-order valence-electron chi connectivity index (χ4n) is 1.61. The van der Waals surface area contributed by atoms with Gasteiger partial charge in [-0.3, -0.25) is 4.79 Å². The molecule has 2 N–H and O–H groups in total. The largest absolute Gasteiger partial charge is 0.495 e. The lowest BCUT2D eigenvalue weighted by Gasteiger charge is -2.16. The summed E-state index contributed by atoms with van der Waals surface area (Å²) in [6.07, 6.45) is 0.782. The number of hydrogen-bond donors (Lipinski definition) is 2. The molecule has 0 bridgehead atoms. The van der Waals surface area contributed by atoms with E-state index in [2.05, 4.69) is 26.0 Å². The topological polar surface area (TPSA) is 84.5 Å². The van der Waals surface area contributed by atoms with Gasteiger partial charge in [-0.15, -0.1) is 0 Å². The quantitative estimate of drug-likeness (QED) is 0.755. The highest BCUT2D eigenvalue weighted by atomic mass is 79.9. The van der Waals surface area contributed by atoms with Crippen LogP contribution in [0.2, 0.25) is 0 Å². The Labute approximate surface area is 133 Å². The van der Waals surface area contributed by atoms with Crippen LogP contribution >= 0.6 is 15.9 Å². The summed E-state index contributed by atoms with van der Waals surface area (Å²) < 4.78 is 32.7. The molecule has 0 aliphatic carbocycles. The number of methoxy groups -OCH3 is 1. The van der Waals surface area contributed by atoms with E-state index in [0.717, 1.165) is 6.42 Å². The lowest BCUT2D eigenvalue weighted by atomic mass is 10.3. The maximum Gasteiger partial charge on any atom is 0.245 e. The maximum absolute atomic E-state index is 12.4. The molecule has 0 saturated carbocycles. The van der Waals surface area contributed by atoms with Crippen LogP contribution in [0, 0.1) is 0 Å². The Morgan fingerprint density at radius 2 is 2.10 bits per heavy atom. The maximum atomic E-state index is 12.4. The van der Waals surface area contributed by atoms with Crippen LogP contribution in [0.15, 0.2) is 27.6 Å². The van der Waals surface area contributed by atoms with E-state index in [-0.39, 0.29) is 16.6 Å². The normalized spacial score (nSPS) is 12.8. The van der Waals surface area contributed by atoms with Crippen LogP contribution in [-0.4, -0.2) is 34.0 Å². The highest BCUT2D eigenvalue weighted by Gasteiger charge is 2.25. The summed E-state index contributed by atoms with van der Waals surface area (Å²) in [5.74, 6) is -0.152. The van der Waals surface area contributed by atoms with Crippen LogP contribution in [0.3, 0.4) is 0 Å². The summed E-state index contributed by atoms with van der Waals surface area (Å²) in [5.41, 5.74) is 0. The van der Waals surface area contributed by atoms with E-state index in [0.29, 0.717) is 11.0 Å². The van der Waals surface area contributed by atoms with Crippen LogP contribution in [0.1, 0.15) is 20.3 Å². The first-order valence-electron chi connectivity index (χ1n) is 6.45. The molecule has 1 atom stereocenters. The molecule has 0 heterocycles. The van der Waals surface area contributed by atoms with E-state index in [1.807, 2.05) is 6.92 Å². The Bertz CT molecular complexity index is 604. The van der Waals surface area contributed by atoms with Gasteiger partial charge in [0.15, 0.2) is 0 Å². The molecule has 1 aromatic rings. The first-order valence-corrected chi connectivity index (χ1v) is 8.73. The second-order valence-corrected chi connectivity index (χ2v) is 7.03. The standard InChI is InChI=1S/C13H19BrN2O4S/c1-4-7-15-13(17)9(2)16-21(18,19)12-8-10(14)5-6-11(12)20-3/h5-6,8-9,16H,4,7H2,1-3H3,(H,15,17)/t9-/m1/s1. The third-order valence-electron chi connectivity index (χ3n) is 2.69. The van der Waals surface area contributed by atoms with Crippen molar-refractivity contribution in [3.05, 3.63) is 22.7 Å². The molecular weight excluding hydrogens is 360 g/mol. The van der Waals surface area contributed by atoms with Crippen molar-refractivity contribution in [3.8, 4) is 5.75 Å². The van der Waals surface area contributed by atoms with E-state index < -0.39 is 16.1 Å². The van der Waals surface area contributed by atoms with Gasteiger partial charge in [-0.25, -0.2) is 8.42 Å². The van der Waals surface area contributed by atoms with Crippen molar-refractivity contribution in [1.29, 1.82) is 0 Å². The predicted molar refractivity (Wildman–Crippen MR) is 83.8 cm³/mol. The van der Waals surface area contributed by atoms with Crippen molar-refractivity contribution in [2.45, 2.75) is 31.2 Å². The predicted octanol–water partition coefficient (Wildman–Crippen LogP) is 1.65. The molecule has 21 heavy (non-hydrogen) atoms. The van der Waals surface area contributed by atoms with E-state index in [1.54, 1.807) is 12.1 Å². The Morgan fingerprint density at radius 1 is 1.43 bits per heavy atom. The fraction of sp³-hybridized carbons (Fsp3) is 0.462. The molecule has 0 unspecified atom stereocenters. The van der Waals surface area contributed by atoms with Gasteiger partial charge in [-0.1, -0.05) is 22.9 Å². The number of ether oxygens (including phenoxy) is 1. The van der Waals surface area contributed by atoms with Gasteiger partial charge in [0.25, 0.3) is 0 Å². The summed E-state index contributed by atoms with van der Waals surface area (Å²) >= 11 is 3.22. The smallest absolute Gasteiger partial charge is 0.245 e. The second kappa shape index (κ2) is 7.77. The Balaban J connectivity index is 2.96. The number of halogens is 1. The zero-order valence-electron chi connectivity index (χ0n) is 12.1. The minimum absolute atomic E-state index is 0.0190. The SMILES string of the molecule is CCCNC(=O)[C@@H](C)NS(=O)(=O)c1cc(Br)ccc1OC. The van der Waals surface area contributed by atoms with E-state index in [4.69, 9.17) is 4.74 Å². The monoisotopic (exact) mass is 378 g/mol. The summed E-state index contributed by atoms with van der Waals surface area (Å²) in [5, 5.41) is 2.64. The molecule has 118 valence electrons. The fourth-order valence-corrected chi connectivity index (χ4v) is 3.52. The number of amides is 1. The minimum atomic E-state index is -3.86. The Morgan fingerprint density at radius 3 is 2.67 bits per heavy atom. The number of carbonyl (C=O) groups excluding carboxylic acids is 1. The molecule has 0 fully saturated rings. The number of nitrogens with one attached hydrogen (secondary N) is 2. The van der Waals surface area contributed by atoms with Crippen molar-refractivity contribution in [1.82, 2.24) is 10.0 Å². The highest BCUT2D eigenvalue weighted by molar-refractivity contribution is 9.10. The minimum Gasteiger partial charge on any atom is -0.495 e. The Hall–Kier alpha value is -1.12. The molecule has 0 aliphatic heterocycles. The molecule has 6 nitrogen and oxygen atoms in total. The average molecular weight is 379 g/mol. The molecule has 0 radical (unpaired) electrons. The highest BCUT2D eigenvalue weighted by Crippen LogP contribution is 2.27. The van der Waals surface area contributed by atoms with Crippen LogP contribution < -0.4 is 14.8 Å². The van der Waals surface area contributed by atoms with Gasteiger partial charge in [0.1, 0.15) is 10.6 Å². The Kier molecular flexibility index (Phi) is 6.63. The van der Waals surface area contributed by atoms with Crippen molar-refractivity contribution >= 4 is 31.9 Å². The molecular formula is C13H19BrN2O4S. The molecule has 0 aliphatic rings. The zero-order valence-corrected chi connectivity index (χ0v) is 14.5.